The van der Waals surface area contributed by atoms with Crippen molar-refractivity contribution in [2.24, 2.45) is 11.8 Å². The summed E-state index contributed by atoms with van der Waals surface area (Å²) < 4.78 is 5.37. The van der Waals surface area contributed by atoms with Gasteiger partial charge in [0, 0.05) is 42.7 Å². The number of nitrogens with zero attached hydrogens (tertiary/aromatic N) is 4. The molecule has 2 aromatic rings. The first-order valence-corrected chi connectivity index (χ1v) is 9.07. The van der Waals surface area contributed by atoms with Gasteiger partial charge in [-0.2, -0.15) is 4.98 Å². The van der Waals surface area contributed by atoms with Gasteiger partial charge in [-0.05, 0) is 36.6 Å². The van der Waals surface area contributed by atoms with Gasteiger partial charge in [-0.1, -0.05) is 23.7 Å². The van der Waals surface area contributed by atoms with Crippen LogP contribution in [0.2, 0.25) is 5.02 Å². The summed E-state index contributed by atoms with van der Waals surface area (Å²) in [5.74, 6) is 2.33. The first kappa shape index (κ1) is 16.5. The topological polar surface area (TPSA) is 62.5 Å². The summed E-state index contributed by atoms with van der Waals surface area (Å²) in [5, 5.41) is 4.73. The molecule has 0 bridgehead atoms. The van der Waals surface area contributed by atoms with E-state index in [0.717, 1.165) is 38.2 Å². The van der Waals surface area contributed by atoms with Gasteiger partial charge in [0.05, 0.1) is 6.54 Å². The lowest BCUT2D eigenvalue weighted by Crippen LogP contribution is -2.48. The molecule has 6 nitrogen and oxygen atoms in total. The monoisotopic (exact) mass is 360 g/mol. The third-order valence-electron chi connectivity index (χ3n) is 5.04. The molecule has 132 valence electrons. The van der Waals surface area contributed by atoms with Gasteiger partial charge in [0.15, 0.2) is 0 Å². The molecule has 2 aliphatic rings. The number of aromatic nitrogens is 2. The molecule has 1 aliphatic heterocycles. The van der Waals surface area contributed by atoms with Crippen molar-refractivity contribution in [2.45, 2.75) is 19.9 Å². The van der Waals surface area contributed by atoms with E-state index in [1.54, 1.807) is 0 Å². The smallest absolute Gasteiger partial charge is 0.241 e. The van der Waals surface area contributed by atoms with Crippen LogP contribution in [0.25, 0.3) is 11.4 Å². The Labute approximate surface area is 151 Å². The number of carbonyl (C=O) groups excluding carboxylic acids is 1. The fraction of sp³-hybridized carbons (Fsp3) is 0.500. The Bertz CT molecular complexity index is 753. The van der Waals surface area contributed by atoms with Crippen molar-refractivity contribution in [1.82, 2.24) is 19.9 Å². The van der Waals surface area contributed by atoms with Gasteiger partial charge in [-0.15, -0.1) is 0 Å². The Morgan fingerprint density at radius 1 is 1.24 bits per heavy atom. The van der Waals surface area contributed by atoms with E-state index < -0.39 is 0 Å². The molecule has 2 atom stereocenters. The van der Waals surface area contributed by atoms with E-state index in [9.17, 15) is 4.79 Å². The van der Waals surface area contributed by atoms with E-state index >= 15 is 0 Å². The van der Waals surface area contributed by atoms with Gasteiger partial charge >= 0.3 is 0 Å². The van der Waals surface area contributed by atoms with Crippen LogP contribution >= 0.6 is 11.6 Å². The van der Waals surface area contributed by atoms with Crippen molar-refractivity contribution in [1.29, 1.82) is 0 Å². The summed E-state index contributed by atoms with van der Waals surface area (Å²) in [6.45, 7) is 5.99. The second-order valence-electron chi connectivity index (χ2n) is 6.94. The van der Waals surface area contributed by atoms with E-state index in [1.165, 1.54) is 0 Å². The van der Waals surface area contributed by atoms with Gasteiger partial charge in [-0.25, -0.2) is 0 Å². The molecular formula is C18H21ClN4O2. The molecule has 2 unspecified atom stereocenters. The van der Waals surface area contributed by atoms with Crippen molar-refractivity contribution >= 4 is 17.5 Å². The summed E-state index contributed by atoms with van der Waals surface area (Å²) in [4.78, 5) is 21.0. The van der Waals surface area contributed by atoms with E-state index in [-0.39, 0.29) is 5.92 Å². The Morgan fingerprint density at radius 3 is 2.56 bits per heavy atom. The van der Waals surface area contributed by atoms with Crippen molar-refractivity contribution in [3.8, 4) is 11.4 Å². The number of piperazine rings is 1. The van der Waals surface area contributed by atoms with Gasteiger partial charge in [0.25, 0.3) is 0 Å². The highest BCUT2D eigenvalue weighted by Crippen LogP contribution is 2.39. The summed E-state index contributed by atoms with van der Waals surface area (Å²) >= 11 is 5.90. The molecular weight excluding hydrogens is 340 g/mol. The van der Waals surface area contributed by atoms with Crippen LogP contribution in [0.15, 0.2) is 28.8 Å². The fourth-order valence-corrected chi connectivity index (χ4v) is 3.38. The molecule has 2 heterocycles. The molecule has 1 aliphatic carbocycles. The minimum absolute atomic E-state index is 0.268. The van der Waals surface area contributed by atoms with Crippen molar-refractivity contribution < 1.29 is 9.32 Å². The third-order valence-corrected chi connectivity index (χ3v) is 5.29. The maximum Gasteiger partial charge on any atom is 0.241 e. The Balaban J connectivity index is 1.31. The molecule has 0 N–H and O–H groups in total. The number of halogens is 1. The lowest BCUT2D eigenvalue weighted by Gasteiger charge is -2.34. The van der Waals surface area contributed by atoms with E-state index in [1.807, 2.05) is 29.2 Å². The minimum atomic E-state index is 0.268. The predicted octanol–water partition coefficient (Wildman–Crippen LogP) is 2.69. The van der Waals surface area contributed by atoms with Crippen LogP contribution in [-0.4, -0.2) is 52.0 Å². The van der Waals surface area contributed by atoms with Crippen molar-refractivity contribution in [3.63, 3.8) is 0 Å². The molecule has 7 heteroatoms. The Hall–Kier alpha value is -1.92. The van der Waals surface area contributed by atoms with Gasteiger partial charge in [-0.3, -0.25) is 9.69 Å². The van der Waals surface area contributed by atoms with Crippen LogP contribution in [0.1, 0.15) is 19.2 Å². The van der Waals surface area contributed by atoms with E-state index in [0.29, 0.717) is 35.1 Å². The normalized spacial score (nSPS) is 23.7. The molecule has 1 saturated carbocycles. The number of carbonyl (C=O) groups is 1. The highest BCUT2D eigenvalue weighted by molar-refractivity contribution is 6.30. The quantitative estimate of drug-likeness (QED) is 0.838. The molecule has 0 spiro atoms. The van der Waals surface area contributed by atoms with Crippen LogP contribution in [0.5, 0.6) is 0 Å². The van der Waals surface area contributed by atoms with E-state index in [4.69, 9.17) is 16.1 Å². The summed E-state index contributed by atoms with van der Waals surface area (Å²) in [5.41, 5.74) is 0.883. The molecule has 1 amide bonds. The van der Waals surface area contributed by atoms with Crippen LogP contribution in [0.3, 0.4) is 0 Å². The average molecular weight is 361 g/mol. The summed E-state index contributed by atoms with van der Waals surface area (Å²) in [6.07, 6.45) is 1.05. The molecule has 1 aromatic heterocycles. The summed E-state index contributed by atoms with van der Waals surface area (Å²) in [6, 6.07) is 7.37. The highest BCUT2D eigenvalue weighted by Gasteiger charge is 2.41. The largest absolute Gasteiger partial charge is 0.340 e. The molecule has 1 saturated heterocycles. The van der Waals surface area contributed by atoms with Crippen molar-refractivity contribution in [2.75, 3.05) is 26.2 Å². The van der Waals surface area contributed by atoms with Crippen LogP contribution in [-0.2, 0) is 11.3 Å². The second kappa shape index (κ2) is 6.77. The Kier molecular flexibility index (Phi) is 4.48. The first-order chi connectivity index (χ1) is 12.1. The minimum Gasteiger partial charge on any atom is -0.340 e. The van der Waals surface area contributed by atoms with Crippen molar-refractivity contribution in [3.05, 3.63) is 35.2 Å². The number of rotatable bonds is 4. The molecule has 4 rings (SSSR count). The zero-order valence-electron chi connectivity index (χ0n) is 14.2. The average Bonchev–Trinajstić information content (AvgIpc) is 3.17. The standard InChI is InChI=1S/C18H21ClN4O2/c1-12-10-15(12)18(24)23-8-6-22(7-9-23)11-16-20-17(21-25-16)13-2-4-14(19)5-3-13/h2-5,12,15H,6-11H2,1H3. The first-order valence-electron chi connectivity index (χ1n) is 8.70. The Morgan fingerprint density at radius 2 is 1.92 bits per heavy atom. The fourth-order valence-electron chi connectivity index (χ4n) is 3.25. The number of amides is 1. The SMILES string of the molecule is CC1CC1C(=O)N1CCN(Cc2nc(-c3ccc(Cl)cc3)no2)CC1. The van der Waals surface area contributed by atoms with Crippen LogP contribution < -0.4 is 0 Å². The van der Waals surface area contributed by atoms with Gasteiger partial charge in [0.2, 0.25) is 17.6 Å². The lowest BCUT2D eigenvalue weighted by atomic mass is 10.2. The van der Waals surface area contributed by atoms with E-state index in [2.05, 4.69) is 22.0 Å². The zero-order valence-corrected chi connectivity index (χ0v) is 14.9. The molecule has 2 fully saturated rings. The van der Waals surface area contributed by atoms with Crippen LogP contribution in [0, 0.1) is 11.8 Å². The lowest BCUT2D eigenvalue weighted by molar-refractivity contribution is -0.134. The van der Waals surface area contributed by atoms with Gasteiger partial charge in [0.1, 0.15) is 0 Å². The number of hydrogen-bond donors (Lipinski definition) is 0. The maximum atomic E-state index is 12.3. The third kappa shape index (κ3) is 3.70. The second-order valence-corrected chi connectivity index (χ2v) is 7.38. The van der Waals surface area contributed by atoms with Crippen LogP contribution in [0.4, 0.5) is 0 Å². The molecule has 1 aromatic carbocycles. The number of hydrogen-bond acceptors (Lipinski definition) is 5. The number of benzene rings is 1. The molecule has 25 heavy (non-hydrogen) atoms. The van der Waals surface area contributed by atoms with Gasteiger partial charge < -0.3 is 9.42 Å². The zero-order chi connectivity index (χ0) is 17.4. The predicted molar refractivity (Wildman–Crippen MR) is 93.9 cm³/mol. The molecule has 0 radical (unpaired) electrons. The summed E-state index contributed by atoms with van der Waals surface area (Å²) in [7, 11) is 0. The highest BCUT2D eigenvalue weighted by atomic mass is 35.5. The maximum absolute atomic E-state index is 12.3.